The summed E-state index contributed by atoms with van der Waals surface area (Å²) in [7, 11) is 0. The number of nitrogens with zero attached hydrogens (tertiary/aromatic N) is 2. The third-order valence-electron chi connectivity index (χ3n) is 4.14. The van der Waals surface area contributed by atoms with E-state index in [0.29, 0.717) is 5.56 Å². The highest BCUT2D eigenvalue weighted by Crippen LogP contribution is 2.21. The van der Waals surface area contributed by atoms with E-state index >= 15 is 0 Å². The van der Waals surface area contributed by atoms with Crippen molar-refractivity contribution < 1.29 is 13.6 Å². The topological polar surface area (TPSA) is 45.2 Å². The van der Waals surface area contributed by atoms with E-state index < -0.39 is 17.5 Å². The van der Waals surface area contributed by atoms with Gasteiger partial charge in [-0.25, -0.2) is 8.78 Å². The molecule has 0 saturated carbocycles. The van der Waals surface area contributed by atoms with E-state index in [9.17, 15) is 13.6 Å². The minimum atomic E-state index is -0.806. The molecule has 3 rings (SSSR count). The van der Waals surface area contributed by atoms with Crippen LogP contribution in [-0.2, 0) is 0 Å². The second-order valence-electron chi connectivity index (χ2n) is 5.91. The van der Waals surface area contributed by atoms with E-state index in [2.05, 4.69) is 15.2 Å². The Hall–Kier alpha value is -2.50. The molecule has 1 N–H and O–H groups in total. The van der Waals surface area contributed by atoms with Crippen LogP contribution >= 0.6 is 0 Å². The minimum absolute atomic E-state index is 0.0541. The SMILES string of the molecule is O=C(Nc1ccc(F)cc1F)c1cncc(N2CCCCCC2)c1. The number of anilines is 2. The number of amides is 1. The van der Waals surface area contributed by atoms with Gasteiger partial charge in [0.15, 0.2) is 0 Å². The second kappa shape index (κ2) is 7.38. The molecule has 0 bridgehead atoms. The second-order valence-corrected chi connectivity index (χ2v) is 5.91. The molecule has 1 aliphatic heterocycles. The molecule has 0 aliphatic carbocycles. The highest BCUT2D eigenvalue weighted by atomic mass is 19.1. The molecular formula is C18H19F2N3O. The summed E-state index contributed by atoms with van der Waals surface area (Å²) in [5.41, 5.74) is 1.19. The van der Waals surface area contributed by atoms with Crippen molar-refractivity contribution >= 4 is 17.3 Å². The first kappa shape index (κ1) is 16.4. The normalized spacial score (nSPS) is 15.0. The third-order valence-corrected chi connectivity index (χ3v) is 4.14. The predicted octanol–water partition coefficient (Wildman–Crippen LogP) is 3.99. The first-order valence-corrected chi connectivity index (χ1v) is 8.10. The van der Waals surface area contributed by atoms with Crippen LogP contribution in [0, 0.1) is 11.6 Å². The van der Waals surface area contributed by atoms with Gasteiger partial charge in [-0.05, 0) is 31.0 Å². The summed E-state index contributed by atoms with van der Waals surface area (Å²) in [6.45, 7) is 1.89. The number of aromatic nitrogens is 1. The highest BCUT2D eigenvalue weighted by Gasteiger charge is 2.14. The average molecular weight is 331 g/mol. The number of benzene rings is 1. The molecule has 2 heterocycles. The zero-order valence-corrected chi connectivity index (χ0v) is 13.3. The Kier molecular flexibility index (Phi) is 5.03. The monoisotopic (exact) mass is 331 g/mol. The minimum Gasteiger partial charge on any atom is -0.370 e. The molecule has 1 aliphatic rings. The summed E-state index contributed by atoms with van der Waals surface area (Å²) in [6, 6.07) is 4.80. The van der Waals surface area contributed by atoms with Crippen LogP contribution < -0.4 is 10.2 Å². The van der Waals surface area contributed by atoms with Gasteiger partial charge in [0, 0.05) is 25.4 Å². The molecule has 24 heavy (non-hydrogen) atoms. The number of pyridine rings is 1. The molecule has 1 aromatic carbocycles. The van der Waals surface area contributed by atoms with Crippen LogP contribution in [0.1, 0.15) is 36.0 Å². The predicted molar refractivity (Wildman–Crippen MR) is 89.2 cm³/mol. The van der Waals surface area contributed by atoms with E-state index in [4.69, 9.17) is 0 Å². The molecule has 1 saturated heterocycles. The summed E-state index contributed by atoms with van der Waals surface area (Å²) >= 11 is 0. The Morgan fingerprint density at radius 3 is 2.50 bits per heavy atom. The van der Waals surface area contributed by atoms with Crippen LogP contribution in [0.2, 0.25) is 0 Å². The molecule has 0 atom stereocenters. The fourth-order valence-electron chi connectivity index (χ4n) is 2.84. The molecule has 0 spiro atoms. The number of carbonyl (C=O) groups is 1. The van der Waals surface area contributed by atoms with Crippen LogP contribution in [-0.4, -0.2) is 24.0 Å². The lowest BCUT2D eigenvalue weighted by Gasteiger charge is -2.22. The molecule has 6 heteroatoms. The number of halogens is 2. The first-order valence-electron chi connectivity index (χ1n) is 8.10. The van der Waals surface area contributed by atoms with Crippen LogP contribution in [0.15, 0.2) is 36.7 Å². The maximum atomic E-state index is 13.7. The van der Waals surface area contributed by atoms with Crippen molar-refractivity contribution in [1.29, 1.82) is 0 Å². The van der Waals surface area contributed by atoms with Crippen LogP contribution in [0.4, 0.5) is 20.2 Å². The Balaban J connectivity index is 1.76. The quantitative estimate of drug-likeness (QED) is 0.925. The van der Waals surface area contributed by atoms with Crippen molar-refractivity contribution in [2.45, 2.75) is 25.7 Å². The fraction of sp³-hybridized carbons (Fsp3) is 0.333. The van der Waals surface area contributed by atoms with Crippen molar-refractivity contribution in [3.05, 3.63) is 53.9 Å². The van der Waals surface area contributed by atoms with Gasteiger partial charge in [-0.1, -0.05) is 12.8 Å². The summed E-state index contributed by atoms with van der Waals surface area (Å²) in [5.74, 6) is -1.96. The smallest absolute Gasteiger partial charge is 0.257 e. The van der Waals surface area contributed by atoms with E-state index in [1.54, 1.807) is 12.3 Å². The lowest BCUT2D eigenvalue weighted by atomic mass is 10.2. The van der Waals surface area contributed by atoms with Crippen molar-refractivity contribution in [3.8, 4) is 0 Å². The molecular weight excluding hydrogens is 312 g/mol. The Bertz CT molecular complexity index is 728. The molecule has 1 aromatic heterocycles. The third kappa shape index (κ3) is 3.88. The van der Waals surface area contributed by atoms with Gasteiger partial charge in [-0.2, -0.15) is 0 Å². The van der Waals surface area contributed by atoms with Gasteiger partial charge in [-0.3, -0.25) is 9.78 Å². The van der Waals surface area contributed by atoms with Crippen molar-refractivity contribution in [2.24, 2.45) is 0 Å². The van der Waals surface area contributed by atoms with Gasteiger partial charge in [0.1, 0.15) is 11.6 Å². The maximum Gasteiger partial charge on any atom is 0.257 e. The Labute approximate surface area is 139 Å². The number of nitrogens with one attached hydrogen (secondary N) is 1. The van der Waals surface area contributed by atoms with Gasteiger partial charge in [0.2, 0.25) is 0 Å². The maximum absolute atomic E-state index is 13.7. The van der Waals surface area contributed by atoms with E-state index in [0.717, 1.165) is 43.8 Å². The number of carbonyl (C=O) groups excluding carboxylic acids is 1. The summed E-state index contributed by atoms with van der Waals surface area (Å²) in [5, 5.41) is 2.46. The van der Waals surface area contributed by atoms with Gasteiger partial charge in [0.05, 0.1) is 23.1 Å². The largest absolute Gasteiger partial charge is 0.370 e. The standard InChI is InChI=1S/C18H19F2N3O/c19-14-5-6-17(16(20)10-14)22-18(24)13-9-15(12-21-11-13)23-7-3-1-2-4-8-23/h5-6,9-12H,1-4,7-8H2,(H,22,24). The average Bonchev–Trinajstić information content (AvgIpc) is 2.87. The van der Waals surface area contributed by atoms with Crippen molar-refractivity contribution in [1.82, 2.24) is 4.98 Å². The van der Waals surface area contributed by atoms with Crippen LogP contribution in [0.3, 0.4) is 0 Å². The van der Waals surface area contributed by atoms with Gasteiger partial charge in [0.25, 0.3) is 5.91 Å². The van der Waals surface area contributed by atoms with Crippen molar-refractivity contribution in [2.75, 3.05) is 23.3 Å². The molecule has 4 nitrogen and oxygen atoms in total. The number of rotatable bonds is 3. The highest BCUT2D eigenvalue weighted by molar-refractivity contribution is 6.04. The van der Waals surface area contributed by atoms with E-state index in [1.807, 2.05) is 0 Å². The lowest BCUT2D eigenvalue weighted by molar-refractivity contribution is 0.102. The van der Waals surface area contributed by atoms with Crippen LogP contribution in [0.5, 0.6) is 0 Å². The van der Waals surface area contributed by atoms with E-state index in [1.165, 1.54) is 25.1 Å². The zero-order chi connectivity index (χ0) is 16.9. The van der Waals surface area contributed by atoms with Crippen LogP contribution in [0.25, 0.3) is 0 Å². The fourth-order valence-corrected chi connectivity index (χ4v) is 2.84. The summed E-state index contributed by atoms with van der Waals surface area (Å²) in [4.78, 5) is 18.7. The number of hydrogen-bond acceptors (Lipinski definition) is 3. The zero-order valence-electron chi connectivity index (χ0n) is 13.3. The van der Waals surface area contributed by atoms with Gasteiger partial charge < -0.3 is 10.2 Å². The molecule has 1 amide bonds. The molecule has 126 valence electrons. The Morgan fingerprint density at radius 1 is 1.04 bits per heavy atom. The molecule has 2 aromatic rings. The molecule has 0 radical (unpaired) electrons. The lowest BCUT2D eigenvalue weighted by Crippen LogP contribution is -2.24. The number of hydrogen-bond donors (Lipinski definition) is 1. The summed E-state index contributed by atoms with van der Waals surface area (Å²) in [6.07, 6.45) is 7.86. The van der Waals surface area contributed by atoms with Crippen molar-refractivity contribution in [3.63, 3.8) is 0 Å². The Morgan fingerprint density at radius 2 is 1.79 bits per heavy atom. The molecule has 0 unspecified atom stereocenters. The van der Waals surface area contributed by atoms with Gasteiger partial charge >= 0.3 is 0 Å². The summed E-state index contributed by atoms with van der Waals surface area (Å²) < 4.78 is 26.6. The van der Waals surface area contributed by atoms with E-state index in [-0.39, 0.29) is 5.69 Å². The molecule has 1 fully saturated rings. The first-order chi connectivity index (χ1) is 11.6. The van der Waals surface area contributed by atoms with Gasteiger partial charge in [-0.15, -0.1) is 0 Å².